The predicted molar refractivity (Wildman–Crippen MR) is 110 cm³/mol. The van der Waals surface area contributed by atoms with Crippen LogP contribution in [0.1, 0.15) is 35.8 Å². The molecule has 140 valence electrons. The summed E-state index contributed by atoms with van der Waals surface area (Å²) >= 11 is 3.17. The lowest BCUT2D eigenvalue weighted by atomic mass is 10.1. The number of rotatable bonds is 7. The summed E-state index contributed by atoms with van der Waals surface area (Å²) < 4.78 is 5.24. The molecule has 1 unspecified atom stereocenters. The normalized spacial score (nSPS) is 14.7. The van der Waals surface area contributed by atoms with E-state index in [2.05, 4.69) is 17.3 Å². The lowest BCUT2D eigenvalue weighted by Crippen LogP contribution is -2.39. The molecule has 0 bridgehead atoms. The van der Waals surface area contributed by atoms with E-state index < -0.39 is 0 Å². The lowest BCUT2D eigenvalue weighted by molar-refractivity contribution is 0.0649. The first-order valence-corrected chi connectivity index (χ1v) is 10.9. The minimum absolute atomic E-state index is 0.0166. The minimum atomic E-state index is 0.0166. The van der Waals surface area contributed by atoms with Crippen molar-refractivity contribution >= 4 is 28.6 Å². The number of thiazole rings is 1. The number of hydrogen-bond acceptors (Lipinski definition) is 5. The maximum Gasteiger partial charge on any atom is 0.273 e. The molecule has 2 heterocycles. The Morgan fingerprint density at radius 3 is 2.67 bits per heavy atom. The number of carbonyl (C=O) groups is 1. The summed E-state index contributed by atoms with van der Waals surface area (Å²) in [5.41, 5.74) is 2.73. The second-order valence-corrected chi connectivity index (χ2v) is 8.55. The van der Waals surface area contributed by atoms with Crippen LogP contribution in [0.4, 0.5) is 0 Å². The van der Waals surface area contributed by atoms with Gasteiger partial charge in [-0.2, -0.15) is 11.3 Å². The Kier molecular flexibility index (Phi) is 5.27. The summed E-state index contributed by atoms with van der Waals surface area (Å²) in [4.78, 5) is 19.9. The van der Waals surface area contributed by atoms with Crippen LogP contribution in [0.5, 0.6) is 5.75 Å². The molecule has 1 amide bonds. The van der Waals surface area contributed by atoms with E-state index in [4.69, 9.17) is 4.74 Å². The second-order valence-electron chi connectivity index (χ2n) is 6.91. The van der Waals surface area contributed by atoms with Crippen LogP contribution < -0.4 is 4.74 Å². The maximum atomic E-state index is 13.3. The van der Waals surface area contributed by atoms with Crippen LogP contribution in [0.25, 0.3) is 10.6 Å². The molecule has 1 atom stereocenters. The van der Waals surface area contributed by atoms with Gasteiger partial charge in [-0.05, 0) is 54.8 Å². The SMILES string of the molecule is COc1ccc(CN(C(=O)c2csc(-c3ccsc3)n2)C(C)C2CC2)cc1. The van der Waals surface area contributed by atoms with Gasteiger partial charge in [-0.15, -0.1) is 11.3 Å². The number of aromatic nitrogens is 1. The number of thiophene rings is 1. The third-order valence-corrected chi connectivity index (χ3v) is 6.63. The molecule has 3 aromatic rings. The van der Waals surface area contributed by atoms with Gasteiger partial charge in [0.2, 0.25) is 0 Å². The van der Waals surface area contributed by atoms with Crippen LogP contribution in [0.15, 0.2) is 46.5 Å². The van der Waals surface area contributed by atoms with E-state index in [-0.39, 0.29) is 11.9 Å². The van der Waals surface area contributed by atoms with Crippen molar-refractivity contribution in [3.63, 3.8) is 0 Å². The van der Waals surface area contributed by atoms with E-state index in [0.717, 1.165) is 21.9 Å². The molecule has 27 heavy (non-hydrogen) atoms. The highest BCUT2D eigenvalue weighted by atomic mass is 32.1. The van der Waals surface area contributed by atoms with Crippen LogP contribution in [-0.2, 0) is 6.54 Å². The Hall–Kier alpha value is -2.18. The van der Waals surface area contributed by atoms with Crippen molar-refractivity contribution in [3.8, 4) is 16.3 Å². The van der Waals surface area contributed by atoms with E-state index in [1.807, 2.05) is 46.0 Å². The number of ether oxygens (including phenoxy) is 1. The molecule has 0 saturated heterocycles. The highest BCUT2D eigenvalue weighted by Crippen LogP contribution is 2.36. The van der Waals surface area contributed by atoms with E-state index in [1.165, 1.54) is 24.2 Å². The summed E-state index contributed by atoms with van der Waals surface area (Å²) in [6.07, 6.45) is 2.40. The molecule has 6 heteroatoms. The Balaban J connectivity index is 1.57. The van der Waals surface area contributed by atoms with Gasteiger partial charge in [0.25, 0.3) is 5.91 Å². The molecule has 1 aromatic carbocycles. The molecule has 1 aliphatic carbocycles. The summed E-state index contributed by atoms with van der Waals surface area (Å²) in [5, 5.41) is 6.89. The fourth-order valence-corrected chi connectivity index (χ4v) is 4.71. The van der Waals surface area contributed by atoms with Crippen LogP contribution in [0, 0.1) is 5.92 Å². The average molecular weight is 399 g/mol. The Morgan fingerprint density at radius 2 is 2.04 bits per heavy atom. The van der Waals surface area contributed by atoms with Gasteiger partial charge < -0.3 is 9.64 Å². The van der Waals surface area contributed by atoms with Crippen LogP contribution in [-0.4, -0.2) is 28.9 Å². The Labute approximate surface area is 167 Å². The first-order valence-electron chi connectivity index (χ1n) is 9.07. The van der Waals surface area contributed by atoms with Crippen molar-refractivity contribution in [2.24, 2.45) is 5.92 Å². The van der Waals surface area contributed by atoms with E-state index in [1.54, 1.807) is 18.4 Å². The van der Waals surface area contributed by atoms with Gasteiger partial charge in [0.15, 0.2) is 0 Å². The molecule has 4 rings (SSSR count). The zero-order chi connectivity index (χ0) is 18.8. The van der Waals surface area contributed by atoms with Crippen molar-refractivity contribution in [2.75, 3.05) is 7.11 Å². The smallest absolute Gasteiger partial charge is 0.273 e. The van der Waals surface area contributed by atoms with Crippen LogP contribution in [0.2, 0.25) is 0 Å². The first kappa shape index (κ1) is 18.2. The number of amides is 1. The Morgan fingerprint density at radius 1 is 1.26 bits per heavy atom. The molecule has 1 aliphatic rings. The number of nitrogens with zero attached hydrogens (tertiary/aromatic N) is 2. The van der Waals surface area contributed by atoms with Crippen molar-refractivity contribution in [3.05, 3.63) is 57.7 Å². The van der Waals surface area contributed by atoms with Crippen molar-refractivity contribution in [1.29, 1.82) is 0 Å². The average Bonchev–Trinajstić information content (AvgIpc) is 3.19. The molecule has 0 aliphatic heterocycles. The fraction of sp³-hybridized carbons (Fsp3) is 0.333. The largest absolute Gasteiger partial charge is 0.497 e. The minimum Gasteiger partial charge on any atom is -0.497 e. The fourth-order valence-electron chi connectivity index (χ4n) is 3.20. The highest BCUT2D eigenvalue weighted by molar-refractivity contribution is 7.14. The topological polar surface area (TPSA) is 42.4 Å². The molecule has 0 N–H and O–H groups in total. The molecule has 4 nitrogen and oxygen atoms in total. The molecule has 1 saturated carbocycles. The summed E-state index contributed by atoms with van der Waals surface area (Å²) in [6, 6.07) is 10.2. The van der Waals surface area contributed by atoms with Crippen molar-refractivity contribution in [1.82, 2.24) is 9.88 Å². The lowest BCUT2D eigenvalue weighted by Gasteiger charge is -2.29. The zero-order valence-electron chi connectivity index (χ0n) is 15.4. The predicted octanol–water partition coefficient (Wildman–Crippen LogP) is 5.32. The standard InChI is InChI=1S/C21H22N2O2S2/c1-14(16-5-6-16)23(11-15-3-7-18(25-2)8-4-15)21(24)19-13-27-20(22-19)17-9-10-26-12-17/h3-4,7-10,12-14,16H,5-6,11H2,1-2H3. The summed E-state index contributed by atoms with van der Waals surface area (Å²) in [7, 11) is 1.66. The molecule has 0 radical (unpaired) electrons. The quantitative estimate of drug-likeness (QED) is 0.541. The van der Waals surface area contributed by atoms with Gasteiger partial charge in [0, 0.05) is 28.9 Å². The zero-order valence-corrected chi connectivity index (χ0v) is 17.1. The molecule has 2 aromatic heterocycles. The number of methoxy groups -OCH3 is 1. The third kappa shape index (κ3) is 4.06. The van der Waals surface area contributed by atoms with E-state index >= 15 is 0 Å². The molecular weight excluding hydrogens is 376 g/mol. The number of hydrogen-bond donors (Lipinski definition) is 0. The third-order valence-electron chi connectivity index (χ3n) is 5.06. The van der Waals surface area contributed by atoms with Crippen molar-refractivity contribution < 1.29 is 9.53 Å². The van der Waals surface area contributed by atoms with Gasteiger partial charge in [0.1, 0.15) is 16.5 Å². The van der Waals surface area contributed by atoms with Crippen LogP contribution >= 0.6 is 22.7 Å². The van der Waals surface area contributed by atoms with Gasteiger partial charge in [-0.3, -0.25) is 4.79 Å². The van der Waals surface area contributed by atoms with Gasteiger partial charge in [0.05, 0.1) is 7.11 Å². The number of carbonyl (C=O) groups excluding carboxylic acids is 1. The van der Waals surface area contributed by atoms with Crippen LogP contribution in [0.3, 0.4) is 0 Å². The van der Waals surface area contributed by atoms with E-state index in [9.17, 15) is 4.79 Å². The first-order chi connectivity index (χ1) is 13.2. The van der Waals surface area contributed by atoms with Crippen molar-refractivity contribution in [2.45, 2.75) is 32.4 Å². The second kappa shape index (κ2) is 7.82. The molecule has 1 fully saturated rings. The summed E-state index contributed by atoms with van der Waals surface area (Å²) in [6.45, 7) is 2.75. The number of benzene rings is 1. The monoisotopic (exact) mass is 398 g/mol. The van der Waals surface area contributed by atoms with Gasteiger partial charge >= 0.3 is 0 Å². The summed E-state index contributed by atoms with van der Waals surface area (Å²) in [5.74, 6) is 1.44. The maximum absolute atomic E-state index is 13.3. The molecule has 0 spiro atoms. The molecular formula is C21H22N2O2S2. The van der Waals surface area contributed by atoms with Gasteiger partial charge in [-0.25, -0.2) is 4.98 Å². The van der Waals surface area contributed by atoms with E-state index in [0.29, 0.717) is 18.2 Å². The Bertz CT molecular complexity index is 899. The van der Waals surface area contributed by atoms with Gasteiger partial charge in [-0.1, -0.05) is 12.1 Å². The highest BCUT2D eigenvalue weighted by Gasteiger charge is 2.35.